The molecule has 0 spiro atoms. The summed E-state index contributed by atoms with van der Waals surface area (Å²) in [5, 5.41) is 8.63. The Hall–Kier alpha value is -2.31. The molecule has 7 nitrogen and oxygen atoms in total. The Morgan fingerprint density at radius 1 is 1.33 bits per heavy atom. The zero-order valence-electron chi connectivity index (χ0n) is 12.0. The van der Waals surface area contributed by atoms with E-state index in [1.807, 2.05) is 0 Å². The van der Waals surface area contributed by atoms with Crippen LogP contribution >= 0.6 is 0 Å². The summed E-state index contributed by atoms with van der Waals surface area (Å²) in [4.78, 5) is 28.7. The molecule has 2 aliphatic rings. The third-order valence-corrected chi connectivity index (χ3v) is 3.44. The van der Waals surface area contributed by atoms with E-state index in [0.29, 0.717) is 24.5 Å². The van der Waals surface area contributed by atoms with Crippen molar-refractivity contribution >= 4 is 18.2 Å². The highest BCUT2D eigenvalue weighted by Crippen LogP contribution is 2.29. The fraction of sp³-hybridized carbons (Fsp3) is 0.500. The number of aliphatic imine (C=N–C) groups is 1. The van der Waals surface area contributed by atoms with Crippen LogP contribution in [0.25, 0.3) is 0 Å². The lowest BCUT2D eigenvalue weighted by atomic mass is 9.91. The summed E-state index contributed by atoms with van der Waals surface area (Å²) < 4.78 is 10.4. The minimum Gasteiger partial charge on any atom is -0.493 e. The van der Waals surface area contributed by atoms with Gasteiger partial charge < -0.3 is 19.5 Å². The van der Waals surface area contributed by atoms with Crippen LogP contribution in [-0.4, -0.2) is 55.0 Å². The van der Waals surface area contributed by atoms with E-state index in [2.05, 4.69) is 4.99 Å². The second-order valence-electron chi connectivity index (χ2n) is 4.78. The number of rotatable bonds is 6. The van der Waals surface area contributed by atoms with Gasteiger partial charge in [0.15, 0.2) is 11.5 Å². The highest BCUT2D eigenvalue weighted by molar-refractivity contribution is 5.93. The largest absolute Gasteiger partial charge is 0.493 e. The molecule has 0 aromatic carbocycles. The van der Waals surface area contributed by atoms with E-state index in [1.54, 1.807) is 12.2 Å². The Kier molecular flexibility index (Phi) is 4.62. The lowest BCUT2D eigenvalue weighted by Crippen LogP contribution is -2.44. The molecule has 2 unspecified atom stereocenters. The topological polar surface area (TPSA) is 88.4 Å². The zero-order valence-corrected chi connectivity index (χ0v) is 12.0. The van der Waals surface area contributed by atoms with Gasteiger partial charge >= 0.3 is 5.97 Å². The Labute approximate surface area is 122 Å². The number of aliphatic carboxylic acids is 1. The van der Waals surface area contributed by atoms with Crippen LogP contribution in [-0.2, 0) is 19.1 Å². The van der Waals surface area contributed by atoms with Crippen LogP contribution in [0.5, 0.6) is 0 Å². The van der Waals surface area contributed by atoms with Crippen molar-refractivity contribution in [3.05, 3.63) is 23.7 Å². The molecular weight excluding hydrogens is 276 g/mol. The summed E-state index contributed by atoms with van der Waals surface area (Å²) in [6, 6.07) is -0.304. The Morgan fingerprint density at radius 2 is 2.00 bits per heavy atom. The zero-order chi connectivity index (χ0) is 15.4. The van der Waals surface area contributed by atoms with Crippen molar-refractivity contribution in [2.24, 2.45) is 10.9 Å². The highest BCUT2D eigenvalue weighted by Gasteiger charge is 2.36. The quantitative estimate of drug-likeness (QED) is 0.782. The molecule has 1 heterocycles. The third kappa shape index (κ3) is 3.24. The number of amides is 1. The molecule has 2 rings (SSSR count). The molecule has 1 aliphatic carbocycles. The van der Waals surface area contributed by atoms with Crippen LogP contribution in [0.3, 0.4) is 0 Å². The van der Waals surface area contributed by atoms with Gasteiger partial charge in [0.05, 0.1) is 32.5 Å². The SMILES string of the molecule is COC1=CC2N=CN(CCCC(=O)O)C(=O)C2C=C1OC. The van der Waals surface area contributed by atoms with E-state index in [9.17, 15) is 9.59 Å². The molecule has 0 saturated heterocycles. The van der Waals surface area contributed by atoms with Gasteiger partial charge in [-0.05, 0) is 18.6 Å². The highest BCUT2D eigenvalue weighted by atomic mass is 16.5. The maximum absolute atomic E-state index is 12.4. The van der Waals surface area contributed by atoms with Gasteiger partial charge in [-0.3, -0.25) is 14.6 Å². The number of carbonyl (C=O) groups is 2. The molecule has 0 radical (unpaired) electrons. The van der Waals surface area contributed by atoms with Crippen molar-refractivity contribution < 1.29 is 24.2 Å². The van der Waals surface area contributed by atoms with Crippen LogP contribution in [0.2, 0.25) is 0 Å². The fourth-order valence-corrected chi connectivity index (χ4v) is 2.35. The normalized spacial score (nSPS) is 24.1. The molecule has 1 aliphatic heterocycles. The number of carboxylic acids is 1. The molecule has 1 N–H and O–H groups in total. The molecule has 0 fully saturated rings. The minimum absolute atomic E-state index is 0.0264. The number of nitrogens with zero attached hydrogens (tertiary/aromatic N) is 2. The number of hydrogen-bond donors (Lipinski definition) is 1. The van der Waals surface area contributed by atoms with Crippen LogP contribution in [0.1, 0.15) is 12.8 Å². The lowest BCUT2D eigenvalue weighted by molar-refractivity contribution is -0.138. The number of carboxylic acid groups (broad SMARTS) is 1. The summed E-state index contributed by atoms with van der Waals surface area (Å²) in [6.07, 6.45) is 5.35. The average Bonchev–Trinajstić information content (AvgIpc) is 2.48. The number of carbonyl (C=O) groups excluding carboxylic acids is 1. The summed E-state index contributed by atoms with van der Waals surface area (Å²) in [5.74, 6) is -0.353. The van der Waals surface area contributed by atoms with Gasteiger partial charge in [0.25, 0.3) is 0 Å². The van der Waals surface area contributed by atoms with Crippen LogP contribution in [0.15, 0.2) is 28.7 Å². The Bertz CT molecular complexity index is 523. The molecular formula is C14H18N2O5. The van der Waals surface area contributed by atoms with Crippen molar-refractivity contribution in [1.82, 2.24) is 4.90 Å². The summed E-state index contributed by atoms with van der Waals surface area (Å²) >= 11 is 0. The van der Waals surface area contributed by atoms with E-state index >= 15 is 0 Å². The second kappa shape index (κ2) is 6.43. The van der Waals surface area contributed by atoms with E-state index < -0.39 is 11.9 Å². The third-order valence-electron chi connectivity index (χ3n) is 3.44. The molecule has 114 valence electrons. The first-order chi connectivity index (χ1) is 10.1. The Morgan fingerprint density at radius 3 is 2.62 bits per heavy atom. The van der Waals surface area contributed by atoms with Crippen molar-refractivity contribution in [2.75, 3.05) is 20.8 Å². The monoisotopic (exact) mass is 294 g/mol. The molecule has 2 atom stereocenters. The fourth-order valence-electron chi connectivity index (χ4n) is 2.35. The van der Waals surface area contributed by atoms with Crippen LogP contribution in [0, 0.1) is 5.92 Å². The molecule has 1 amide bonds. The van der Waals surface area contributed by atoms with E-state index in [1.165, 1.54) is 25.5 Å². The smallest absolute Gasteiger partial charge is 0.303 e. The van der Waals surface area contributed by atoms with Crippen LogP contribution < -0.4 is 0 Å². The maximum Gasteiger partial charge on any atom is 0.303 e. The molecule has 7 heteroatoms. The van der Waals surface area contributed by atoms with Crippen molar-refractivity contribution in [3.8, 4) is 0 Å². The predicted molar refractivity (Wildman–Crippen MR) is 74.5 cm³/mol. The van der Waals surface area contributed by atoms with E-state index in [0.717, 1.165) is 0 Å². The van der Waals surface area contributed by atoms with Crippen LogP contribution in [0.4, 0.5) is 0 Å². The molecule has 21 heavy (non-hydrogen) atoms. The molecule has 0 aromatic rings. The van der Waals surface area contributed by atoms with Crippen molar-refractivity contribution in [2.45, 2.75) is 18.9 Å². The summed E-state index contributed by atoms with van der Waals surface area (Å²) in [6.45, 7) is 0.342. The average molecular weight is 294 g/mol. The van der Waals surface area contributed by atoms with E-state index in [4.69, 9.17) is 14.6 Å². The molecule has 0 bridgehead atoms. The van der Waals surface area contributed by atoms with Gasteiger partial charge in [-0.15, -0.1) is 0 Å². The number of hydrogen-bond acceptors (Lipinski definition) is 5. The first kappa shape index (κ1) is 15.1. The van der Waals surface area contributed by atoms with Crippen molar-refractivity contribution in [1.29, 1.82) is 0 Å². The summed E-state index contributed by atoms with van der Waals surface area (Å²) in [5.41, 5.74) is 0. The van der Waals surface area contributed by atoms with Gasteiger partial charge in [-0.1, -0.05) is 0 Å². The first-order valence-corrected chi connectivity index (χ1v) is 6.64. The van der Waals surface area contributed by atoms with Crippen molar-refractivity contribution in [3.63, 3.8) is 0 Å². The molecule has 0 aromatic heterocycles. The number of methoxy groups -OCH3 is 2. The predicted octanol–water partition coefficient (Wildman–Crippen LogP) is 0.781. The van der Waals surface area contributed by atoms with Gasteiger partial charge in [0, 0.05) is 13.0 Å². The number of ether oxygens (including phenoxy) is 2. The van der Waals surface area contributed by atoms with Gasteiger partial charge in [-0.25, -0.2) is 0 Å². The standard InChI is InChI=1S/C14H18N2O5/c1-20-11-6-9-10(7-12(11)21-2)15-8-16(14(9)19)5-3-4-13(17)18/h6-10H,3-5H2,1-2H3,(H,17,18). The molecule has 0 saturated carbocycles. The lowest BCUT2D eigenvalue weighted by Gasteiger charge is -2.32. The number of fused-ring (bicyclic) bond motifs is 1. The minimum atomic E-state index is -0.874. The van der Waals surface area contributed by atoms with Gasteiger partial charge in [0.1, 0.15) is 0 Å². The second-order valence-corrected chi connectivity index (χ2v) is 4.78. The van der Waals surface area contributed by atoms with Gasteiger partial charge in [-0.2, -0.15) is 0 Å². The maximum atomic E-state index is 12.4. The van der Waals surface area contributed by atoms with Gasteiger partial charge in [0.2, 0.25) is 5.91 Å². The summed E-state index contributed by atoms with van der Waals surface area (Å²) in [7, 11) is 3.05. The Balaban J connectivity index is 2.11. The first-order valence-electron chi connectivity index (χ1n) is 6.64. The van der Waals surface area contributed by atoms with E-state index in [-0.39, 0.29) is 18.4 Å².